The van der Waals surface area contributed by atoms with Crippen molar-refractivity contribution in [3.05, 3.63) is 21.9 Å². The molecule has 1 aromatic rings. The number of alkyl halides is 3. The van der Waals surface area contributed by atoms with E-state index in [-0.39, 0.29) is 31.0 Å². The van der Waals surface area contributed by atoms with E-state index < -0.39 is 12.1 Å². The van der Waals surface area contributed by atoms with Crippen LogP contribution >= 0.6 is 11.3 Å². The first kappa shape index (κ1) is 19.7. The molecular formula is C16H21F3O3S. The van der Waals surface area contributed by atoms with Crippen molar-refractivity contribution < 1.29 is 27.5 Å². The van der Waals surface area contributed by atoms with Crippen LogP contribution in [0, 0.1) is 5.92 Å². The van der Waals surface area contributed by atoms with Crippen LogP contribution in [0.15, 0.2) is 12.1 Å². The van der Waals surface area contributed by atoms with Crippen LogP contribution in [0.5, 0.6) is 0 Å². The quantitative estimate of drug-likeness (QED) is 0.475. The number of esters is 1. The molecule has 23 heavy (non-hydrogen) atoms. The maximum Gasteiger partial charge on any atom is 0.391 e. The SMILES string of the molecule is COC(=O)CCCc1ccc(C(=O)CCCC(C)C(F)(F)F)s1. The van der Waals surface area contributed by atoms with Gasteiger partial charge in [-0.25, -0.2) is 0 Å². The van der Waals surface area contributed by atoms with Crippen LogP contribution in [0.4, 0.5) is 13.2 Å². The van der Waals surface area contributed by atoms with Gasteiger partial charge in [-0.05, 0) is 37.8 Å². The van der Waals surface area contributed by atoms with Gasteiger partial charge in [0.25, 0.3) is 0 Å². The summed E-state index contributed by atoms with van der Waals surface area (Å²) in [5.74, 6) is -1.77. The standard InChI is InChI=1S/C16H21F3O3S/c1-11(16(17,18)19)5-3-7-13(20)14-10-9-12(23-14)6-4-8-15(21)22-2/h9-11H,3-8H2,1-2H3. The summed E-state index contributed by atoms with van der Waals surface area (Å²) in [6, 6.07) is 3.53. The number of thiophene rings is 1. The van der Waals surface area contributed by atoms with Crippen LogP contribution in [-0.2, 0) is 16.0 Å². The summed E-state index contributed by atoms with van der Waals surface area (Å²) >= 11 is 1.34. The molecule has 0 amide bonds. The summed E-state index contributed by atoms with van der Waals surface area (Å²) in [5.41, 5.74) is 0. The molecule has 130 valence electrons. The maximum absolute atomic E-state index is 12.4. The Morgan fingerprint density at radius 2 is 1.91 bits per heavy atom. The molecular weight excluding hydrogens is 329 g/mol. The number of hydrogen-bond donors (Lipinski definition) is 0. The van der Waals surface area contributed by atoms with Gasteiger partial charge in [0, 0.05) is 17.7 Å². The molecule has 0 N–H and O–H groups in total. The van der Waals surface area contributed by atoms with E-state index in [4.69, 9.17) is 0 Å². The van der Waals surface area contributed by atoms with E-state index in [2.05, 4.69) is 4.74 Å². The molecule has 3 nitrogen and oxygen atoms in total. The van der Waals surface area contributed by atoms with Crippen molar-refractivity contribution in [2.75, 3.05) is 7.11 Å². The number of aryl methyl sites for hydroxylation is 1. The second kappa shape index (κ2) is 9.05. The van der Waals surface area contributed by atoms with Gasteiger partial charge in [0.05, 0.1) is 17.9 Å². The highest BCUT2D eigenvalue weighted by Gasteiger charge is 2.35. The number of carbonyl (C=O) groups excluding carboxylic acids is 2. The van der Waals surface area contributed by atoms with E-state index in [1.165, 1.54) is 18.4 Å². The number of methoxy groups -OCH3 is 1. The van der Waals surface area contributed by atoms with Crippen LogP contribution in [0.2, 0.25) is 0 Å². The van der Waals surface area contributed by atoms with Crippen molar-refractivity contribution in [3.63, 3.8) is 0 Å². The third-order valence-electron chi connectivity index (χ3n) is 3.57. The zero-order valence-electron chi connectivity index (χ0n) is 13.2. The average Bonchev–Trinajstić information content (AvgIpc) is 2.94. The molecule has 0 aromatic carbocycles. The van der Waals surface area contributed by atoms with Gasteiger partial charge in [0.2, 0.25) is 0 Å². The molecule has 1 unspecified atom stereocenters. The molecule has 7 heteroatoms. The molecule has 1 atom stereocenters. The molecule has 0 saturated carbocycles. The molecule has 0 spiro atoms. The zero-order chi connectivity index (χ0) is 17.5. The Kier molecular flexibility index (Phi) is 7.75. The smallest absolute Gasteiger partial charge is 0.391 e. The van der Waals surface area contributed by atoms with Crippen LogP contribution in [0.1, 0.15) is 53.6 Å². The summed E-state index contributed by atoms with van der Waals surface area (Å²) in [6.45, 7) is 1.13. The number of ketones is 1. The molecule has 0 bridgehead atoms. The van der Waals surface area contributed by atoms with Crippen molar-refractivity contribution in [1.29, 1.82) is 0 Å². The normalized spacial score (nSPS) is 12.9. The van der Waals surface area contributed by atoms with E-state index in [0.29, 0.717) is 24.1 Å². The van der Waals surface area contributed by atoms with E-state index in [9.17, 15) is 22.8 Å². The van der Waals surface area contributed by atoms with Crippen molar-refractivity contribution in [3.8, 4) is 0 Å². The van der Waals surface area contributed by atoms with E-state index in [1.807, 2.05) is 6.07 Å². The molecule has 0 fully saturated rings. The van der Waals surface area contributed by atoms with Gasteiger partial charge in [-0.15, -0.1) is 11.3 Å². The molecule has 1 aromatic heterocycles. The Morgan fingerprint density at radius 3 is 2.52 bits per heavy atom. The highest BCUT2D eigenvalue weighted by atomic mass is 32.1. The lowest BCUT2D eigenvalue weighted by Crippen LogP contribution is -2.19. The monoisotopic (exact) mass is 350 g/mol. The fourth-order valence-electron chi connectivity index (χ4n) is 2.03. The first-order chi connectivity index (χ1) is 10.7. The lowest BCUT2D eigenvalue weighted by Gasteiger charge is -2.14. The average molecular weight is 350 g/mol. The van der Waals surface area contributed by atoms with Gasteiger partial charge >= 0.3 is 12.1 Å². The van der Waals surface area contributed by atoms with E-state index >= 15 is 0 Å². The third kappa shape index (κ3) is 7.16. The number of rotatable bonds is 9. The molecule has 0 aliphatic rings. The van der Waals surface area contributed by atoms with Crippen molar-refractivity contribution in [2.24, 2.45) is 5.92 Å². The Bertz CT molecular complexity index is 523. The summed E-state index contributed by atoms with van der Waals surface area (Å²) in [6.07, 6.45) is -2.22. The summed E-state index contributed by atoms with van der Waals surface area (Å²) < 4.78 is 41.7. The summed E-state index contributed by atoms with van der Waals surface area (Å²) in [5, 5.41) is 0. The Labute approximate surface area is 137 Å². The fraction of sp³-hybridized carbons (Fsp3) is 0.625. The Hall–Kier alpha value is -1.37. The molecule has 0 saturated heterocycles. The van der Waals surface area contributed by atoms with Crippen molar-refractivity contribution in [1.82, 2.24) is 0 Å². The molecule has 1 heterocycles. The number of Topliss-reactive ketones (excluding diaryl/α,β-unsaturated/α-hetero) is 1. The first-order valence-corrected chi connectivity index (χ1v) is 8.31. The molecule has 0 radical (unpaired) electrons. The minimum atomic E-state index is -4.20. The topological polar surface area (TPSA) is 43.4 Å². The number of carbonyl (C=O) groups is 2. The number of halogens is 3. The largest absolute Gasteiger partial charge is 0.469 e. The molecule has 0 aliphatic heterocycles. The maximum atomic E-state index is 12.4. The van der Waals surface area contributed by atoms with Crippen LogP contribution < -0.4 is 0 Å². The Morgan fingerprint density at radius 1 is 1.22 bits per heavy atom. The molecule has 0 aliphatic carbocycles. The van der Waals surface area contributed by atoms with Crippen LogP contribution in [-0.4, -0.2) is 25.0 Å². The lowest BCUT2D eigenvalue weighted by atomic mass is 10.0. The van der Waals surface area contributed by atoms with Crippen molar-refractivity contribution in [2.45, 2.75) is 51.6 Å². The van der Waals surface area contributed by atoms with E-state index in [1.54, 1.807) is 6.07 Å². The second-order valence-corrected chi connectivity index (χ2v) is 6.62. The second-order valence-electron chi connectivity index (χ2n) is 5.45. The summed E-state index contributed by atoms with van der Waals surface area (Å²) in [7, 11) is 1.34. The summed E-state index contributed by atoms with van der Waals surface area (Å²) in [4.78, 5) is 24.5. The van der Waals surface area contributed by atoms with Gasteiger partial charge in [-0.2, -0.15) is 13.2 Å². The van der Waals surface area contributed by atoms with Gasteiger partial charge in [0.1, 0.15) is 0 Å². The van der Waals surface area contributed by atoms with Crippen molar-refractivity contribution >= 4 is 23.1 Å². The number of ether oxygens (including phenoxy) is 1. The zero-order valence-corrected chi connectivity index (χ0v) is 14.1. The Balaban J connectivity index is 2.36. The minimum absolute atomic E-state index is 0.0351. The number of hydrogen-bond acceptors (Lipinski definition) is 4. The van der Waals surface area contributed by atoms with Gasteiger partial charge in [0.15, 0.2) is 5.78 Å². The van der Waals surface area contributed by atoms with Crippen LogP contribution in [0.25, 0.3) is 0 Å². The molecule has 1 rings (SSSR count). The minimum Gasteiger partial charge on any atom is -0.469 e. The van der Waals surface area contributed by atoms with Gasteiger partial charge < -0.3 is 4.74 Å². The highest BCUT2D eigenvalue weighted by Crippen LogP contribution is 2.30. The van der Waals surface area contributed by atoms with Gasteiger partial charge in [-0.1, -0.05) is 6.92 Å². The van der Waals surface area contributed by atoms with E-state index in [0.717, 1.165) is 11.8 Å². The van der Waals surface area contributed by atoms with Gasteiger partial charge in [-0.3, -0.25) is 9.59 Å². The first-order valence-electron chi connectivity index (χ1n) is 7.49. The highest BCUT2D eigenvalue weighted by molar-refractivity contribution is 7.14. The lowest BCUT2D eigenvalue weighted by molar-refractivity contribution is -0.171. The predicted octanol–water partition coefficient (Wildman–Crippen LogP) is 4.80. The fourth-order valence-corrected chi connectivity index (χ4v) is 3.04. The predicted molar refractivity (Wildman–Crippen MR) is 82.7 cm³/mol. The third-order valence-corrected chi connectivity index (χ3v) is 4.75. The van der Waals surface area contributed by atoms with Crippen LogP contribution in [0.3, 0.4) is 0 Å².